The molecule has 0 saturated carbocycles. The summed E-state index contributed by atoms with van der Waals surface area (Å²) in [5.41, 5.74) is 6.14. The Hall–Kier alpha value is -2.81. The smallest absolute Gasteiger partial charge is 0.237 e. The molecule has 6 nitrogen and oxygen atoms in total. The molecule has 0 amide bonds. The molecule has 0 fully saturated rings. The Labute approximate surface area is 227 Å². The van der Waals surface area contributed by atoms with Crippen LogP contribution < -0.4 is 5.73 Å². The van der Waals surface area contributed by atoms with Gasteiger partial charge >= 0.3 is 0 Å². The van der Waals surface area contributed by atoms with Gasteiger partial charge in [-0.25, -0.2) is 12.4 Å². The zero-order valence-electron chi connectivity index (χ0n) is 18.4. The lowest BCUT2D eigenvalue weighted by atomic mass is 9.93. The molecule has 36 heavy (non-hydrogen) atoms. The number of carbonyl (C=O) groups excluding carboxylic acids is 2. The fourth-order valence-electron chi connectivity index (χ4n) is 3.81. The van der Waals surface area contributed by atoms with Gasteiger partial charge in [-0.05, 0) is 30.3 Å². The first-order chi connectivity index (χ1) is 16.9. The van der Waals surface area contributed by atoms with Crippen LogP contribution in [-0.2, 0) is 10.0 Å². The molecule has 0 saturated heterocycles. The molecule has 1 heterocycles. The normalized spacial score (nSPS) is 11.5. The lowest BCUT2D eigenvalue weighted by molar-refractivity contribution is 0.103. The number of benzene rings is 3. The molecular weight excluding hydrogens is 566 g/mol. The second kappa shape index (κ2) is 9.92. The van der Waals surface area contributed by atoms with E-state index in [9.17, 15) is 18.0 Å². The van der Waals surface area contributed by atoms with E-state index in [0.29, 0.717) is 9.00 Å². The molecule has 0 aliphatic heterocycles. The molecule has 0 spiro atoms. The van der Waals surface area contributed by atoms with Crippen molar-refractivity contribution in [2.45, 2.75) is 0 Å². The van der Waals surface area contributed by atoms with Gasteiger partial charge in [0.15, 0.2) is 5.78 Å². The van der Waals surface area contributed by atoms with Gasteiger partial charge in [-0.1, -0.05) is 82.8 Å². The highest BCUT2D eigenvalue weighted by Gasteiger charge is 2.35. The van der Waals surface area contributed by atoms with E-state index in [0.717, 1.165) is 6.26 Å². The van der Waals surface area contributed by atoms with E-state index in [1.807, 2.05) is 0 Å². The summed E-state index contributed by atoms with van der Waals surface area (Å²) in [6.07, 6.45) is 0.881. The van der Waals surface area contributed by atoms with Gasteiger partial charge in [-0.3, -0.25) is 9.59 Å². The van der Waals surface area contributed by atoms with Crippen molar-refractivity contribution < 1.29 is 18.0 Å². The van der Waals surface area contributed by atoms with Crippen LogP contribution in [0.25, 0.3) is 11.1 Å². The zero-order chi connectivity index (χ0) is 26.4. The zero-order valence-corrected chi connectivity index (χ0v) is 22.3. The van der Waals surface area contributed by atoms with Crippen molar-refractivity contribution in [3.63, 3.8) is 0 Å². The highest BCUT2D eigenvalue weighted by atomic mass is 35.5. The van der Waals surface area contributed by atoms with Crippen molar-refractivity contribution >= 4 is 73.8 Å². The molecule has 0 aliphatic rings. The minimum atomic E-state index is -4.18. The molecule has 4 aromatic rings. The molecule has 0 aliphatic carbocycles. The van der Waals surface area contributed by atoms with Crippen LogP contribution in [0.15, 0.2) is 66.7 Å². The maximum Gasteiger partial charge on any atom is 0.237 e. The highest BCUT2D eigenvalue weighted by Crippen LogP contribution is 2.42. The number of nitrogens with two attached hydrogens (primary N) is 1. The van der Waals surface area contributed by atoms with E-state index in [4.69, 9.17) is 52.1 Å². The predicted molar refractivity (Wildman–Crippen MR) is 144 cm³/mol. The van der Waals surface area contributed by atoms with Gasteiger partial charge in [0.05, 0.1) is 21.9 Å². The van der Waals surface area contributed by atoms with E-state index >= 15 is 0 Å². The number of rotatable bonds is 6. The number of anilines is 1. The summed E-state index contributed by atoms with van der Waals surface area (Å²) in [4.78, 5) is 27.5. The highest BCUT2D eigenvalue weighted by molar-refractivity contribution is 7.89. The second-order valence-corrected chi connectivity index (χ2v) is 11.3. The number of aromatic nitrogens is 1. The predicted octanol–water partition coefficient (Wildman–Crippen LogP) is 6.62. The Morgan fingerprint density at radius 2 is 1.44 bits per heavy atom. The van der Waals surface area contributed by atoms with Crippen LogP contribution in [0.3, 0.4) is 0 Å². The summed E-state index contributed by atoms with van der Waals surface area (Å²) in [5, 5.41) is 0.706. The number of halogens is 4. The molecule has 1 aromatic heterocycles. The first-order valence-corrected chi connectivity index (χ1v) is 13.6. The second-order valence-electron chi connectivity index (χ2n) is 7.79. The maximum atomic E-state index is 13.8. The van der Waals surface area contributed by atoms with Crippen molar-refractivity contribution in [2.75, 3.05) is 12.0 Å². The minimum Gasteiger partial charge on any atom is -0.384 e. The first kappa shape index (κ1) is 26.3. The average Bonchev–Trinajstić information content (AvgIpc) is 3.13. The Morgan fingerprint density at radius 3 is 2.03 bits per heavy atom. The molecule has 2 N–H and O–H groups in total. The van der Waals surface area contributed by atoms with Crippen LogP contribution in [0.1, 0.15) is 32.0 Å². The number of hydrogen-bond acceptors (Lipinski definition) is 5. The Kier molecular flexibility index (Phi) is 7.23. The third-order valence-electron chi connectivity index (χ3n) is 5.36. The van der Waals surface area contributed by atoms with Gasteiger partial charge in [0, 0.05) is 32.3 Å². The van der Waals surface area contributed by atoms with Crippen LogP contribution >= 0.6 is 46.4 Å². The lowest BCUT2D eigenvalue weighted by Crippen LogP contribution is -2.20. The summed E-state index contributed by atoms with van der Waals surface area (Å²) in [6, 6.07) is 16.6. The molecule has 0 atom stereocenters. The number of ketones is 2. The molecule has 4 rings (SSSR count). The van der Waals surface area contributed by atoms with Gasteiger partial charge in [-0.15, -0.1) is 0 Å². The lowest BCUT2D eigenvalue weighted by Gasteiger charge is -2.12. The average molecular weight is 582 g/mol. The van der Waals surface area contributed by atoms with Gasteiger partial charge in [-0.2, -0.15) is 0 Å². The number of hydrogen-bond donors (Lipinski definition) is 1. The van der Waals surface area contributed by atoms with Gasteiger partial charge in [0.25, 0.3) is 0 Å². The molecule has 0 unspecified atom stereocenters. The fraction of sp³-hybridized carbons (Fsp3) is 0.0400. The van der Waals surface area contributed by atoms with Crippen molar-refractivity contribution in [2.24, 2.45) is 0 Å². The third kappa shape index (κ3) is 4.77. The topological polar surface area (TPSA) is 99.2 Å². The minimum absolute atomic E-state index is 0.0514. The monoisotopic (exact) mass is 580 g/mol. The number of nitrogen functional groups attached to an aromatic ring is 1. The summed E-state index contributed by atoms with van der Waals surface area (Å²) >= 11 is 24.7. The van der Waals surface area contributed by atoms with Crippen molar-refractivity contribution in [1.82, 2.24) is 3.97 Å². The van der Waals surface area contributed by atoms with Crippen LogP contribution in [0.4, 0.5) is 5.82 Å². The molecule has 3 aromatic carbocycles. The summed E-state index contributed by atoms with van der Waals surface area (Å²) in [7, 11) is -4.18. The van der Waals surface area contributed by atoms with Crippen molar-refractivity contribution in [3.8, 4) is 11.1 Å². The third-order valence-corrected chi connectivity index (χ3v) is 7.69. The summed E-state index contributed by atoms with van der Waals surface area (Å²) < 4.78 is 26.5. The van der Waals surface area contributed by atoms with E-state index < -0.39 is 27.4 Å². The quantitative estimate of drug-likeness (QED) is 0.258. The largest absolute Gasteiger partial charge is 0.384 e. The van der Waals surface area contributed by atoms with E-state index in [1.165, 1.54) is 48.5 Å². The molecule has 0 bridgehead atoms. The first-order valence-electron chi connectivity index (χ1n) is 10.2. The summed E-state index contributed by atoms with van der Waals surface area (Å²) in [6.45, 7) is 0. The van der Waals surface area contributed by atoms with Crippen molar-refractivity contribution in [1.29, 1.82) is 0 Å². The molecule has 184 valence electrons. The van der Waals surface area contributed by atoms with Gasteiger partial charge in [0.2, 0.25) is 15.8 Å². The standard InChI is InChI=1S/C25H16Cl4N2O4S/c1-36(34,35)31-22(24(33)13-5-3-2-4-6-13)20(16-9-8-15(26)12-18(16)28)21(25(31)30)23(32)14-7-10-17(27)19(29)11-14/h2-12H,30H2,1H3. The van der Waals surface area contributed by atoms with Gasteiger partial charge in [0.1, 0.15) is 11.5 Å². The Bertz CT molecular complexity index is 1650. The van der Waals surface area contributed by atoms with E-state index in [-0.39, 0.29) is 48.6 Å². The Morgan fingerprint density at radius 1 is 0.778 bits per heavy atom. The number of nitrogens with zero attached hydrogens (tertiary/aromatic N) is 1. The SMILES string of the molecule is CS(=O)(=O)n1c(N)c(C(=O)c2ccc(Cl)c(Cl)c2)c(-c2ccc(Cl)cc2Cl)c1C(=O)c1ccccc1. The fourth-order valence-corrected chi connectivity index (χ4v) is 5.57. The molecule has 11 heteroatoms. The van der Waals surface area contributed by atoms with Crippen LogP contribution in [0.5, 0.6) is 0 Å². The van der Waals surface area contributed by atoms with E-state index in [1.54, 1.807) is 18.2 Å². The van der Waals surface area contributed by atoms with Crippen LogP contribution in [0, 0.1) is 0 Å². The molecule has 0 radical (unpaired) electrons. The summed E-state index contributed by atoms with van der Waals surface area (Å²) in [5.74, 6) is -1.81. The van der Waals surface area contributed by atoms with Crippen LogP contribution in [0.2, 0.25) is 20.1 Å². The van der Waals surface area contributed by atoms with Crippen molar-refractivity contribution in [3.05, 3.63) is 109 Å². The molecular formula is C25H16Cl4N2O4S. The maximum absolute atomic E-state index is 13.8. The Balaban J connectivity index is 2.16. The van der Waals surface area contributed by atoms with Crippen LogP contribution in [-0.4, -0.2) is 30.2 Å². The van der Waals surface area contributed by atoms with E-state index in [2.05, 4.69) is 0 Å². The van der Waals surface area contributed by atoms with Gasteiger partial charge < -0.3 is 5.73 Å². The number of carbonyl (C=O) groups is 2.